The topological polar surface area (TPSA) is 117 Å². The van der Waals surface area contributed by atoms with Crippen molar-refractivity contribution in [3.63, 3.8) is 0 Å². The molecule has 10 nitrogen and oxygen atoms in total. The van der Waals surface area contributed by atoms with Gasteiger partial charge in [0.05, 0.1) is 18.7 Å². The van der Waals surface area contributed by atoms with Crippen LogP contribution in [0, 0.1) is 5.41 Å². The Morgan fingerprint density at radius 3 is 2.92 bits per heavy atom. The summed E-state index contributed by atoms with van der Waals surface area (Å²) >= 11 is 0. The highest BCUT2D eigenvalue weighted by Gasteiger charge is 2.46. The summed E-state index contributed by atoms with van der Waals surface area (Å²) in [4.78, 5) is 25.6. The first-order valence-electron chi connectivity index (χ1n) is 8.79. The number of amides is 1. The number of nitrogens with one attached hydrogen (secondary N) is 2. The Morgan fingerprint density at radius 2 is 2.15 bits per heavy atom. The first-order chi connectivity index (χ1) is 12.7. The second-order valence-corrected chi connectivity index (χ2v) is 7.27. The minimum atomic E-state index is -0.0751. The number of rotatable bonds is 3. The molecule has 2 N–H and O–H groups in total. The Labute approximate surface area is 149 Å². The maximum absolute atomic E-state index is 12.1. The molecule has 1 saturated heterocycles. The van der Waals surface area contributed by atoms with Gasteiger partial charge < -0.3 is 15.2 Å². The molecule has 4 heterocycles. The number of hydrogen-bond acceptors (Lipinski definition) is 7. The van der Waals surface area contributed by atoms with E-state index >= 15 is 0 Å². The molecule has 0 radical (unpaired) electrons. The fraction of sp³-hybridized carbons (Fsp3) is 0.500. The zero-order valence-electron chi connectivity index (χ0n) is 14.2. The summed E-state index contributed by atoms with van der Waals surface area (Å²) in [6, 6.07) is 0.229. The maximum atomic E-state index is 12.1. The van der Waals surface area contributed by atoms with Crippen molar-refractivity contribution in [2.75, 3.05) is 18.0 Å². The Morgan fingerprint density at radius 1 is 1.31 bits per heavy atom. The van der Waals surface area contributed by atoms with Gasteiger partial charge in [0.25, 0.3) is 5.91 Å². The van der Waals surface area contributed by atoms with Gasteiger partial charge in [-0.05, 0) is 36.1 Å². The first-order valence-corrected chi connectivity index (χ1v) is 8.79. The molecule has 0 unspecified atom stereocenters. The van der Waals surface area contributed by atoms with Gasteiger partial charge in [0.2, 0.25) is 5.65 Å². The molecule has 2 aliphatic rings. The summed E-state index contributed by atoms with van der Waals surface area (Å²) in [5.41, 5.74) is 1.53. The predicted octanol–water partition coefficient (Wildman–Crippen LogP) is 0.421. The van der Waals surface area contributed by atoms with Crippen LogP contribution in [-0.2, 0) is 0 Å². The number of anilines is 1. The molecule has 26 heavy (non-hydrogen) atoms. The van der Waals surface area contributed by atoms with Crippen molar-refractivity contribution in [1.82, 2.24) is 40.3 Å². The molecule has 0 bridgehead atoms. The number of nitrogens with zero attached hydrogens (tertiary/aromatic N) is 7. The molecule has 1 aliphatic heterocycles. The van der Waals surface area contributed by atoms with Gasteiger partial charge in [-0.3, -0.25) is 4.79 Å². The number of aromatic amines is 1. The lowest BCUT2D eigenvalue weighted by molar-refractivity contribution is 0.0855. The number of fused-ring (bicyclic) bond motifs is 1. The minimum Gasteiger partial charge on any atom is -0.352 e. The highest BCUT2D eigenvalue weighted by molar-refractivity contribution is 5.92. The highest BCUT2D eigenvalue weighted by Crippen LogP contribution is 2.45. The molecule has 0 atom stereocenters. The van der Waals surface area contributed by atoms with Crippen LogP contribution >= 0.6 is 0 Å². The van der Waals surface area contributed by atoms with Crippen molar-refractivity contribution in [3.05, 3.63) is 30.6 Å². The van der Waals surface area contributed by atoms with Crippen LogP contribution in [0.15, 0.2) is 24.9 Å². The summed E-state index contributed by atoms with van der Waals surface area (Å²) < 4.78 is 1.65. The van der Waals surface area contributed by atoms with Crippen LogP contribution in [0.2, 0.25) is 0 Å². The summed E-state index contributed by atoms with van der Waals surface area (Å²) in [7, 11) is 0. The standard InChI is InChI=1S/C16H19N9O/c26-15(12-7-17-10-19-12)20-11-1-3-16(4-2-11)8-24(9-16)13-14-21-22-23-25(14)6-5-18-13/h5-7,10-11H,1-4,8-9H2,(H,17,19)(H,20,26). The van der Waals surface area contributed by atoms with E-state index < -0.39 is 0 Å². The SMILES string of the molecule is O=C(NC1CCC2(CC1)CN(c1nccn3nnnc13)C2)c1cnc[nH]1. The third kappa shape index (κ3) is 2.49. The van der Waals surface area contributed by atoms with Crippen molar-refractivity contribution < 1.29 is 4.79 Å². The van der Waals surface area contributed by atoms with E-state index in [1.54, 1.807) is 23.1 Å². The molecular formula is C16H19N9O. The normalized spacial score (nSPS) is 19.6. The molecule has 0 aromatic carbocycles. The van der Waals surface area contributed by atoms with Crippen LogP contribution in [0.4, 0.5) is 5.82 Å². The summed E-state index contributed by atoms with van der Waals surface area (Å²) in [6.07, 6.45) is 10.8. The Hall–Kier alpha value is -3.04. The van der Waals surface area contributed by atoms with E-state index in [1.165, 1.54) is 6.33 Å². The number of carbonyl (C=O) groups excluding carboxylic acids is 1. The Bertz CT molecular complexity index is 918. The maximum Gasteiger partial charge on any atom is 0.269 e. The van der Waals surface area contributed by atoms with E-state index in [1.807, 2.05) is 0 Å². The van der Waals surface area contributed by atoms with E-state index in [0.29, 0.717) is 16.8 Å². The number of imidazole rings is 1. The lowest BCUT2D eigenvalue weighted by Gasteiger charge is -2.53. The van der Waals surface area contributed by atoms with Gasteiger partial charge in [-0.15, -0.1) is 5.10 Å². The van der Waals surface area contributed by atoms with Crippen LogP contribution in [0.3, 0.4) is 0 Å². The van der Waals surface area contributed by atoms with E-state index in [4.69, 9.17) is 0 Å². The smallest absolute Gasteiger partial charge is 0.269 e. The largest absolute Gasteiger partial charge is 0.352 e. The first kappa shape index (κ1) is 15.2. The van der Waals surface area contributed by atoms with Crippen LogP contribution in [0.25, 0.3) is 5.65 Å². The van der Waals surface area contributed by atoms with Gasteiger partial charge in [0.1, 0.15) is 5.69 Å². The second kappa shape index (κ2) is 5.75. The zero-order chi connectivity index (χ0) is 17.6. The van der Waals surface area contributed by atoms with Crippen LogP contribution in [0.1, 0.15) is 36.2 Å². The average molecular weight is 353 g/mol. The molecule has 1 amide bonds. The van der Waals surface area contributed by atoms with Crippen molar-refractivity contribution in [3.8, 4) is 0 Å². The average Bonchev–Trinajstić information content (AvgIpc) is 3.32. The molecule has 3 aromatic heterocycles. The van der Waals surface area contributed by atoms with Gasteiger partial charge >= 0.3 is 0 Å². The predicted molar refractivity (Wildman–Crippen MR) is 91.5 cm³/mol. The number of hydrogen-bond donors (Lipinski definition) is 2. The van der Waals surface area contributed by atoms with Crippen molar-refractivity contribution in [1.29, 1.82) is 0 Å². The molecule has 1 spiro atoms. The fourth-order valence-corrected chi connectivity index (χ4v) is 4.14. The van der Waals surface area contributed by atoms with Gasteiger partial charge in [-0.2, -0.15) is 4.52 Å². The summed E-state index contributed by atoms with van der Waals surface area (Å²) in [5.74, 6) is 0.770. The number of H-pyrrole nitrogens is 1. The monoisotopic (exact) mass is 353 g/mol. The van der Waals surface area contributed by atoms with Gasteiger partial charge in [0, 0.05) is 30.7 Å². The number of carbonyl (C=O) groups is 1. The molecule has 3 aromatic rings. The highest BCUT2D eigenvalue weighted by atomic mass is 16.2. The third-order valence-corrected chi connectivity index (χ3v) is 5.57. The summed E-state index contributed by atoms with van der Waals surface area (Å²) in [6.45, 7) is 1.93. The van der Waals surface area contributed by atoms with Gasteiger partial charge in [-0.25, -0.2) is 9.97 Å². The van der Waals surface area contributed by atoms with Crippen molar-refractivity contribution in [2.24, 2.45) is 5.41 Å². The van der Waals surface area contributed by atoms with Crippen molar-refractivity contribution in [2.45, 2.75) is 31.7 Å². The summed E-state index contributed by atoms with van der Waals surface area (Å²) in [5, 5.41) is 14.8. The van der Waals surface area contributed by atoms with Crippen LogP contribution in [0.5, 0.6) is 0 Å². The molecule has 1 saturated carbocycles. The lowest BCUT2D eigenvalue weighted by Crippen LogP contribution is -2.59. The quantitative estimate of drug-likeness (QED) is 0.701. The van der Waals surface area contributed by atoms with E-state index in [2.05, 4.69) is 40.7 Å². The Kier molecular flexibility index (Phi) is 3.37. The number of aromatic nitrogens is 7. The van der Waals surface area contributed by atoms with Gasteiger partial charge in [0.15, 0.2) is 5.82 Å². The Balaban J connectivity index is 1.19. The molecule has 134 valence electrons. The van der Waals surface area contributed by atoms with E-state index in [-0.39, 0.29) is 11.9 Å². The van der Waals surface area contributed by atoms with E-state index in [9.17, 15) is 4.79 Å². The molecule has 2 fully saturated rings. The second-order valence-electron chi connectivity index (χ2n) is 7.27. The van der Waals surface area contributed by atoms with Crippen LogP contribution < -0.4 is 10.2 Å². The van der Waals surface area contributed by atoms with Gasteiger partial charge in [-0.1, -0.05) is 0 Å². The van der Waals surface area contributed by atoms with Crippen LogP contribution in [-0.4, -0.2) is 60.0 Å². The van der Waals surface area contributed by atoms with Crippen molar-refractivity contribution >= 4 is 17.4 Å². The fourth-order valence-electron chi connectivity index (χ4n) is 4.14. The minimum absolute atomic E-state index is 0.0751. The lowest BCUT2D eigenvalue weighted by atomic mass is 9.67. The molecule has 1 aliphatic carbocycles. The molecule has 10 heteroatoms. The third-order valence-electron chi connectivity index (χ3n) is 5.57. The van der Waals surface area contributed by atoms with E-state index in [0.717, 1.165) is 44.6 Å². The number of tetrazole rings is 1. The molecular weight excluding hydrogens is 334 g/mol. The molecule has 5 rings (SSSR count). The zero-order valence-corrected chi connectivity index (χ0v) is 14.2.